The smallest absolute Gasteiger partial charge is 0.265 e. The number of hydrogen-bond acceptors (Lipinski definition) is 4. The molecule has 184 valence electrons. The molecular weight excluding hydrogens is 479 g/mol. The summed E-state index contributed by atoms with van der Waals surface area (Å²) in [6.45, 7) is 0. The molecule has 1 atom stereocenters. The summed E-state index contributed by atoms with van der Waals surface area (Å²) in [5.41, 5.74) is 3.57. The zero-order valence-electron chi connectivity index (χ0n) is 20.4. The standard InChI is InChI=1S/C32H27O4P/c1-35-29-20-22-31(23-21-29)37(34)36-30-18-14-27(15-19-30)32(24-8-4-2-5-9-24,25-10-6-3-7-11-25)26-12-16-28(33)17-13-26/h2-23,33,37H,1H3. The molecule has 0 amide bonds. The summed E-state index contributed by atoms with van der Waals surface area (Å²) in [5.74, 6) is 1.45. The van der Waals surface area contributed by atoms with Crippen molar-refractivity contribution in [2.75, 3.05) is 7.11 Å². The Labute approximate surface area is 217 Å². The van der Waals surface area contributed by atoms with Crippen molar-refractivity contribution < 1.29 is 18.9 Å². The predicted molar refractivity (Wildman–Crippen MR) is 149 cm³/mol. The fourth-order valence-electron chi connectivity index (χ4n) is 4.75. The molecule has 0 radical (unpaired) electrons. The van der Waals surface area contributed by atoms with Crippen LogP contribution >= 0.6 is 8.03 Å². The van der Waals surface area contributed by atoms with Gasteiger partial charge in [-0.15, -0.1) is 0 Å². The fourth-order valence-corrected chi connectivity index (χ4v) is 5.66. The van der Waals surface area contributed by atoms with Gasteiger partial charge in [-0.1, -0.05) is 84.9 Å². The highest BCUT2D eigenvalue weighted by Gasteiger charge is 2.38. The molecule has 0 saturated carbocycles. The third kappa shape index (κ3) is 4.89. The van der Waals surface area contributed by atoms with Gasteiger partial charge in [0.2, 0.25) is 0 Å². The third-order valence-corrected chi connectivity index (χ3v) is 7.76. The summed E-state index contributed by atoms with van der Waals surface area (Å²) >= 11 is 0. The van der Waals surface area contributed by atoms with E-state index in [9.17, 15) is 9.67 Å². The van der Waals surface area contributed by atoms with Crippen LogP contribution in [0, 0.1) is 0 Å². The highest BCUT2D eigenvalue weighted by Crippen LogP contribution is 2.46. The lowest BCUT2D eigenvalue weighted by Gasteiger charge is -2.37. The summed E-state index contributed by atoms with van der Waals surface area (Å²) in [6, 6.07) is 42.8. The molecule has 5 aromatic rings. The van der Waals surface area contributed by atoms with Crippen LogP contribution in [0.3, 0.4) is 0 Å². The van der Waals surface area contributed by atoms with E-state index >= 15 is 0 Å². The minimum absolute atomic E-state index is 0.214. The van der Waals surface area contributed by atoms with Gasteiger partial charge in [-0.05, 0) is 70.8 Å². The first-order valence-corrected chi connectivity index (χ1v) is 13.3. The van der Waals surface area contributed by atoms with Gasteiger partial charge >= 0.3 is 0 Å². The van der Waals surface area contributed by atoms with Gasteiger partial charge in [0, 0.05) is 5.30 Å². The van der Waals surface area contributed by atoms with Crippen molar-refractivity contribution in [3.05, 3.63) is 156 Å². The van der Waals surface area contributed by atoms with Crippen molar-refractivity contribution in [1.82, 2.24) is 0 Å². The van der Waals surface area contributed by atoms with E-state index in [1.165, 1.54) is 0 Å². The number of hydrogen-bond donors (Lipinski definition) is 1. The van der Waals surface area contributed by atoms with Gasteiger partial charge in [0.05, 0.1) is 12.5 Å². The summed E-state index contributed by atoms with van der Waals surface area (Å²) in [4.78, 5) is 0. The molecule has 0 aliphatic heterocycles. The number of rotatable bonds is 8. The van der Waals surface area contributed by atoms with Crippen molar-refractivity contribution in [1.29, 1.82) is 0 Å². The molecule has 0 bridgehead atoms. The molecule has 0 spiro atoms. The zero-order chi connectivity index (χ0) is 25.7. The first-order chi connectivity index (χ1) is 18.1. The summed E-state index contributed by atoms with van der Waals surface area (Å²) < 4.78 is 23.9. The maximum Gasteiger partial charge on any atom is 0.265 e. The Morgan fingerprint density at radius 2 is 1.00 bits per heavy atom. The topological polar surface area (TPSA) is 55.8 Å². The maximum atomic E-state index is 12.9. The first-order valence-electron chi connectivity index (χ1n) is 12.0. The van der Waals surface area contributed by atoms with E-state index in [4.69, 9.17) is 9.26 Å². The largest absolute Gasteiger partial charge is 0.508 e. The van der Waals surface area contributed by atoms with Crippen LogP contribution in [0.5, 0.6) is 17.2 Å². The molecule has 5 aromatic carbocycles. The molecule has 1 N–H and O–H groups in total. The lowest BCUT2D eigenvalue weighted by Crippen LogP contribution is -2.30. The van der Waals surface area contributed by atoms with E-state index in [1.807, 2.05) is 72.8 Å². The third-order valence-electron chi connectivity index (χ3n) is 6.54. The monoisotopic (exact) mass is 506 g/mol. The van der Waals surface area contributed by atoms with Gasteiger partial charge < -0.3 is 14.4 Å². The van der Waals surface area contributed by atoms with E-state index in [0.717, 1.165) is 22.3 Å². The Morgan fingerprint density at radius 3 is 1.49 bits per heavy atom. The van der Waals surface area contributed by atoms with Gasteiger partial charge in [0.15, 0.2) is 0 Å². The van der Waals surface area contributed by atoms with Gasteiger partial charge in [-0.3, -0.25) is 4.57 Å². The van der Waals surface area contributed by atoms with E-state index in [-0.39, 0.29) is 5.75 Å². The van der Waals surface area contributed by atoms with Crippen molar-refractivity contribution in [3.63, 3.8) is 0 Å². The Kier molecular flexibility index (Phi) is 7.11. The molecule has 1 unspecified atom stereocenters. The van der Waals surface area contributed by atoms with Crippen LogP contribution in [-0.2, 0) is 9.98 Å². The van der Waals surface area contributed by atoms with Gasteiger partial charge in [-0.2, -0.15) is 0 Å². The Morgan fingerprint density at radius 1 is 0.568 bits per heavy atom. The number of aromatic hydroxyl groups is 1. The fraction of sp³-hybridized carbons (Fsp3) is 0.0625. The second-order valence-electron chi connectivity index (χ2n) is 8.67. The van der Waals surface area contributed by atoms with Crippen LogP contribution in [0.15, 0.2) is 133 Å². The molecular formula is C32H27O4P. The zero-order valence-corrected chi connectivity index (χ0v) is 21.4. The molecule has 0 saturated heterocycles. The maximum absolute atomic E-state index is 12.9. The van der Waals surface area contributed by atoms with Crippen molar-refractivity contribution in [2.24, 2.45) is 0 Å². The number of methoxy groups -OCH3 is 1. The minimum atomic E-state index is -2.48. The predicted octanol–water partition coefficient (Wildman–Crippen LogP) is 6.96. The van der Waals surface area contributed by atoms with Crippen molar-refractivity contribution >= 4 is 13.3 Å². The van der Waals surface area contributed by atoms with E-state index < -0.39 is 13.4 Å². The average molecular weight is 507 g/mol. The van der Waals surface area contributed by atoms with Gasteiger partial charge in [-0.25, -0.2) is 0 Å². The quantitative estimate of drug-likeness (QED) is 0.183. The van der Waals surface area contributed by atoms with Gasteiger partial charge in [0.1, 0.15) is 17.2 Å². The number of phenolic OH excluding ortho intramolecular Hbond substituents is 1. The second kappa shape index (κ2) is 10.8. The lowest BCUT2D eigenvalue weighted by atomic mass is 9.65. The molecule has 0 fully saturated rings. The van der Waals surface area contributed by atoms with Crippen LogP contribution < -0.4 is 14.6 Å². The average Bonchev–Trinajstić information content (AvgIpc) is 2.96. The van der Waals surface area contributed by atoms with Crippen LogP contribution in [0.25, 0.3) is 0 Å². The molecule has 0 aliphatic rings. The molecule has 5 rings (SSSR count). The lowest BCUT2D eigenvalue weighted by molar-refractivity contribution is 0.415. The summed E-state index contributed by atoms with van der Waals surface area (Å²) in [7, 11) is -0.888. The summed E-state index contributed by atoms with van der Waals surface area (Å²) in [6.07, 6.45) is 0. The SMILES string of the molecule is COc1ccc([PH](=O)Oc2ccc(C(c3ccccc3)(c3ccccc3)c3ccc(O)cc3)cc2)cc1. The molecule has 4 nitrogen and oxygen atoms in total. The number of benzene rings is 5. The van der Waals surface area contributed by atoms with Crippen molar-refractivity contribution in [2.45, 2.75) is 5.41 Å². The molecule has 0 heterocycles. The number of phenols is 1. The van der Waals surface area contributed by atoms with Gasteiger partial charge in [0.25, 0.3) is 8.03 Å². The first kappa shape index (κ1) is 24.4. The minimum Gasteiger partial charge on any atom is -0.508 e. The normalized spacial score (nSPS) is 12.0. The van der Waals surface area contributed by atoms with Crippen LogP contribution in [0.2, 0.25) is 0 Å². The van der Waals surface area contributed by atoms with Crippen LogP contribution in [-0.4, -0.2) is 12.2 Å². The Hall–Kier alpha value is -4.27. The second-order valence-corrected chi connectivity index (χ2v) is 10.0. The molecule has 0 aliphatic carbocycles. The van der Waals surface area contributed by atoms with E-state index in [1.54, 1.807) is 43.5 Å². The number of ether oxygens (including phenoxy) is 1. The van der Waals surface area contributed by atoms with E-state index in [2.05, 4.69) is 24.3 Å². The van der Waals surface area contributed by atoms with Crippen molar-refractivity contribution in [3.8, 4) is 17.2 Å². The van der Waals surface area contributed by atoms with Crippen LogP contribution in [0.1, 0.15) is 22.3 Å². The molecule has 5 heteroatoms. The highest BCUT2D eigenvalue weighted by atomic mass is 31.1. The van der Waals surface area contributed by atoms with Crippen LogP contribution in [0.4, 0.5) is 0 Å². The highest BCUT2D eigenvalue weighted by molar-refractivity contribution is 7.48. The summed E-state index contributed by atoms with van der Waals surface area (Å²) in [5, 5.41) is 10.7. The van der Waals surface area contributed by atoms with E-state index in [0.29, 0.717) is 16.8 Å². The Balaban J connectivity index is 1.59. The molecule has 0 aromatic heterocycles. The Bertz CT molecular complexity index is 1430. The molecule has 37 heavy (non-hydrogen) atoms.